The van der Waals surface area contributed by atoms with Gasteiger partial charge in [0.15, 0.2) is 10.9 Å². The van der Waals surface area contributed by atoms with Crippen molar-refractivity contribution in [1.82, 2.24) is 4.98 Å². The molecule has 5 nitrogen and oxygen atoms in total. The quantitative estimate of drug-likeness (QED) is 0.290. The second-order valence-corrected chi connectivity index (χ2v) is 9.12. The van der Waals surface area contributed by atoms with Crippen LogP contribution in [0.15, 0.2) is 69.6 Å². The molecule has 0 fully saturated rings. The van der Waals surface area contributed by atoms with Crippen molar-refractivity contribution in [3.05, 3.63) is 97.8 Å². The molecule has 0 aliphatic heterocycles. The third-order valence-electron chi connectivity index (χ3n) is 4.47. The first-order valence-corrected chi connectivity index (χ1v) is 11.4. The molecule has 2 aromatic carbocycles. The molecule has 1 N–H and O–H groups in total. The third kappa shape index (κ3) is 5.55. The second kappa shape index (κ2) is 9.68. The molecule has 0 atom stereocenters. The van der Waals surface area contributed by atoms with E-state index in [1.54, 1.807) is 12.1 Å². The normalized spacial score (nSPS) is 10.8. The maximum Gasteiger partial charge on any atom is 0.293 e. The number of para-hydroxylation sites is 1. The Kier molecular flexibility index (Phi) is 6.75. The van der Waals surface area contributed by atoms with E-state index in [4.69, 9.17) is 20.8 Å². The fourth-order valence-corrected chi connectivity index (χ4v) is 4.33. The van der Waals surface area contributed by atoms with E-state index < -0.39 is 0 Å². The number of benzene rings is 2. The van der Waals surface area contributed by atoms with E-state index in [0.717, 1.165) is 26.4 Å². The van der Waals surface area contributed by atoms with Gasteiger partial charge < -0.3 is 9.15 Å². The second-order valence-electron chi connectivity index (χ2n) is 6.77. The number of nitrogens with zero attached hydrogens (tertiary/aromatic N) is 1. The lowest BCUT2D eigenvalue weighted by atomic mass is 10.1. The molecule has 0 saturated carbocycles. The lowest BCUT2D eigenvalue weighted by Gasteiger charge is -2.03. The van der Waals surface area contributed by atoms with Gasteiger partial charge in [-0.2, -0.15) is 0 Å². The SMILES string of the molecule is Cc1nc(NC(=O)c2ccc(COc3ccccc3)o2)sc1Cc1ccc(Br)c(Cl)c1. The number of hydrogen-bond donors (Lipinski definition) is 1. The van der Waals surface area contributed by atoms with Gasteiger partial charge in [-0.15, -0.1) is 11.3 Å². The first-order valence-electron chi connectivity index (χ1n) is 9.46. The first kappa shape index (κ1) is 21.6. The van der Waals surface area contributed by atoms with Crippen molar-refractivity contribution in [2.24, 2.45) is 0 Å². The standard InChI is InChI=1S/C23H18BrClN2O3S/c1-14-21(12-15-7-9-18(24)19(25)11-15)31-23(26-14)27-22(28)20-10-8-17(30-20)13-29-16-5-3-2-4-6-16/h2-11H,12-13H2,1H3,(H,26,27,28). The lowest BCUT2D eigenvalue weighted by molar-refractivity contribution is 0.0992. The minimum Gasteiger partial charge on any atom is -0.486 e. The maximum atomic E-state index is 12.6. The molecule has 0 saturated heterocycles. The Morgan fingerprint density at radius 3 is 2.77 bits per heavy atom. The lowest BCUT2D eigenvalue weighted by Crippen LogP contribution is -2.10. The zero-order valence-electron chi connectivity index (χ0n) is 16.5. The average Bonchev–Trinajstić information content (AvgIpc) is 3.37. The summed E-state index contributed by atoms with van der Waals surface area (Å²) in [4.78, 5) is 18.1. The van der Waals surface area contributed by atoms with Gasteiger partial charge in [-0.05, 0) is 64.8 Å². The van der Waals surface area contributed by atoms with Gasteiger partial charge in [-0.25, -0.2) is 4.98 Å². The van der Waals surface area contributed by atoms with Gasteiger partial charge in [0, 0.05) is 15.8 Å². The van der Waals surface area contributed by atoms with Crippen LogP contribution in [0.3, 0.4) is 0 Å². The molecule has 8 heteroatoms. The molecule has 0 radical (unpaired) electrons. The summed E-state index contributed by atoms with van der Waals surface area (Å²) in [6, 6.07) is 18.6. The molecule has 0 aliphatic rings. The number of nitrogens with one attached hydrogen (secondary N) is 1. The highest BCUT2D eigenvalue weighted by Crippen LogP contribution is 2.29. The van der Waals surface area contributed by atoms with Crippen LogP contribution in [-0.2, 0) is 13.0 Å². The molecule has 0 spiro atoms. The smallest absolute Gasteiger partial charge is 0.293 e. The molecule has 4 rings (SSSR count). The Hall–Kier alpha value is -2.61. The molecular weight excluding hydrogens is 500 g/mol. The zero-order chi connectivity index (χ0) is 21.8. The number of hydrogen-bond acceptors (Lipinski definition) is 5. The van der Waals surface area contributed by atoms with E-state index in [0.29, 0.717) is 22.3 Å². The Morgan fingerprint density at radius 1 is 1.19 bits per heavy atom. The van der Waals surface area contributed by atoms with Crippen molar-refractivity contribution < 1.29 is 13.9 Å². The van der Waals surface area contributed by atoms with Gasteiger partial charge in [0.1, 0.15) is 18.1 Å². The summed E-state index contributed by atoms with van der Waals surface area (Å²) in [6.45, 7) is 2.17. The van der Waals surface area contributed by atoms with Gasteiger partial charge in [-0.3, -0.25) is 10.1 Å². The molecule has 0 aliphatic carbocycles. The molecule has 158 valence electrons. The highest BCUT2D eigenvalue weighted by atomic mass is 79.9. The van der Waals surface area contributed by atoms with E-state index in [9.17, 15) is 4.79 Å². The number of carbonyl (C=O) groups excluding carboxylic acids is 1. The number of furan rings is 1. The maximum absolute atomic E-state index is 12.6. The molecule has 2 aromatic heterocycles. The fraction of sp³-hybridized carbons (Fsp3) is 0.130. The van der Waals surface area contributed by atoms with Crippen molar-refractivity contribution in [3.8, 4) is 5.75 Å². The highest BCUT2D eigenvalue weighted by molar-refractivity contribution is 9.10. The third-order valence-corrected chi connectivity index (χ3v) is 6.78. The molecular formula is C23H18BrClN2O3S. The zero-order valence-corrected chi connectivity index (χ0v) is 19.7. The van der Waals surface area contributed by atoms with Gasteiger partial charge in [0.2, 0.25) is 0 Å². The van der Waals surface area contributed by atoms with Crippen LogP contribution in [0.1, 0.15) is 32.4 Å². The predicted molar refractivity (Wildman–Crippen MR) is 126 cm³/mol. The number of anilines is 1. The van der Waals surface area contributed by atoms with Crippen molar-refractivity contribution in [2.45, 2.75) is 20.0 Å². The largest absolute Gasteiger partial charge is 0.486 e. The summed E-state index contributed by atoms with van der Waals surface area (Å²) < 4.78 is 12.1. The van der Waals surface area contributed by atoms with Gasteiger partial charge in [-0.1, -0.05) is 35.9 Å². The number of rotatable bonds is 7. The van der Waals surface area contributed by atoms with E-state index in [1.807, 2.05) is 55.5 Å². The topological polar surface area (TPSA) is 64.4 Å². The minimum absolute atomic E-state index is 0.209. The molecule has 1 amide bonds. The number of halogens is 2. The molecule has 0 bridgehead atoms. The number of aromatic nitrogens is 1. The van der Waals surface area contributed by atoms with Gasteiger partial charge in [0.25, 0.3) is 5.91 Å². The van der Waals surface area contributed by atoms with Crippen LogP contribution in [0.25, 0.3) is 0 Å². The molecule has 2 heterocycles. The van der Waals surface area contributed by atoms with Crippen LogP contribution in [-0.4, -0.2) is 10.9 Å². The summed E-state index contributed by atoms with van der Waals surface area (Å²) >= 11 is 11.0. The predicted octanol–water partition coefficient (Wildman–Crippen LogP) is 6.88. The monoisotopic (exact) mass is 516 g/mol. The summed E-state index contributed by atoms with van der Waals surface area (Å²) in [5.74, 6) is 1.17. The number of ether oxygens (including phenoxy) is 1. The Morgan fingerprint density at radius 2 is 2.00 bits per heavy atom. The summed E-state index contributed by atoms with van der Waals surface area (Å²) in [5, 5.41) is 4.01. The molecule has 4 aromatic rings. The van der Waals surface area contributed by atoms with Crippen molar-refractivity contribution in [1.29, 1.82) is 0 Å². The van der Waals surface area contributed by atoms with E-state index in [1.165, 1.54) is 11.3 Å². The number of aryl methyl sites for hydroxylation is 1. The van der Waals surface area contributed by atoms with Gasteiger partial charge >= 0.3 is 0 Å². The Balaban J connectivity index is 1.38. The Labute approximate surface area is 197 Å². The summed E-state index contributed by atoms with van der Waals surface area (Å²) in [7, 11) is 0. The van der Waals surface area contributed by atoms with Crippen LogP contribution in [0.5, 0.6) is 5.75 Å². The highest BCUT2D eigenvalue weighted by Gasteiger charge is 2.16. The summed E-state index contributed by atoms with van der Waals surface area (Å²) in [5.41, 5.74) is 1.95. The first-order chi connectivity index (χ1) is 15.0. The van der Waals surface area contributed by atoms with Crippen LogP contribution >= 0.6 is 38.9 Å². The average molecular weight is 518 g/mol. The Bertz CT molecular complexity index is 1210. The molecule has 31 heavy (non-hydrogen) atoms. The number of amides is 1. The van der Waals surface area contributed by atoms with E-state index >= 15 is 0 Å². The number of carbonyl (C=O) groups is 1. The van der Waals surface area contributed by atoms with Crippen LogP contribution < -0.4 is 10.1 Å². The summed E-state index contributed by atoms with van der Waals surface area (Å²) in [6.07, 6.45) is 0.689. The van der Waals surface area contributed by atoms with Crippen LogP contribution in [0, 0.1) is 6.92 Å². The van der Waals surface area contributed by atoms with Crippen LogP contribution in [0.4, 0.5) is 5.13 Å². The molecule has 0 unspecified atom stereocenters. The van der Waals surface area contributed by atoms with Gasteiger partial charge in [0.05, 0.1) is 10.7 Å². The van der Waals surface area contributed by atoms with E-state index in [-0.39, 0.29) is 18.3 Å². The van der Waals surface area contributed by atoms with Crippen molar-refractivity contribution in [2.75, 3.05) is 5.32 Å². The van der Waals surface area contributed by atoms with Crippen molar-refractivity contribution >= 4 is 49.9 Å². The minimum atomic E-state index is -0.349. The van der Waals surface area contributed by atoms with Crippen LogP contribution in [0.2, 0.25) is 5.02 Å². The number of thiazole rings is 1. The fourth-order valence-electron chi connectivity index (χ4n) is 2.89. The van der Waals surface area contributed by atoms with Crippen molar-refractivity contribution in [3.63, 3.8) is 0 Å². The van der Waals surface area contributed by atoms with E-state index in [2.05, 4.69) is 26.2 Å².